The van der Waals surface area contributed by atoms with Gasteiger partial charge in [-0.25, -0.2) is 9.67 Å². The van der Waals surface area contributed by atoms with E-state index in [9.17, 15) is 4.79 Å². The van der Waals surface area contributed by atoms with Crippen LogP contribution in [0.1, 0.15) is 25.3 Å². The number of aromatic nitrogens is 6. The van der Waals surface area contributed by atoms with Gasteiger partial charge < -0.3 is 10.6 Å². The smallest absolute Gasteiger partial charge is 0.293 e. The molecule has 0 radical (unpaired) electrons. The molecule has 1 aliphatic heterocycles. The minimum absolute atomic E-state index is 0.101. The summed E-state index contributed by atoms with van der Waals surface area (Å²) in [7, 11) is 0. The predicted octanol–water partition coefficient (Wildman–Crippen LogP) is 1.60. The minimum Gasteiger partial charge on any atom is -0.341 e. The summed E-state index contributed by atoms with van der Waals surface area (Å²) >= 11 is 1.18. The molecule has 0 saturated carbocycles. The van der Waals surface area contributed by atoms with Gasteiger partial charge in [-0.15, -0.1) is 5.92 Å². The van der Waals surface area contributed by atoms with Crippen LogP contribution in [0.15, 0.2) is 29.2 Å². The molecule has 5 rings (SSSR count). The van der Waals surface area contributed by atoms with Gasteiger partial charge >= 0.3 is 0 Å². The predicted molar refractivity (Wildman–Crippen MR) is 121 cm³/mol. The Bertz CT molecular complexity index is 1380. The maximum atomic E-state index is 13.4. The lowest BCUT2D eigenvalue weighted by Crippen LogP contribution is -2.44. The summed E-state index contributed by atoms with van der Waals surface area (Å²) in [6.07, 6.45) is 3.65. The normalized spacial score (nSPS) is 16.6. The van der Waals surface area contributed by atoms with Gasteiger partial charge in [-0.05, 0) is 37.5 Å². The van der Waals surface area contributed by atoms with Crippen molar-refractivity contribution in [3.05, 3.63) is 40.3 Å². The Hall–Kier alpha value is -3.29. The minimum atomic E-state index is -0.188. The van der Waals surface area contributed by atoms with Crippen molar-refractivity contribution in [1.82, 2.24) is 28.1 Å². The van der Waals surface area contributed by atoms with Crippen molar-refractivity contribution < 1.29 is 0 Å². The molecule has 1 aromatic carbocycles. The van der Waals surface area contributed by atoms with Crippen LogP contribution in [0, 0.1) is 11.8 Å². The zero-order chi connectivity index (χ0) is 21.4. The molecular weight excluding hydrogens is 412 g/mol. The average Bonchev–Trinajstić information content (AvgIpc) is 3.38. The molecule has 158 valence electrons. The number of hydrogen-bond acceptors (Lipinski definition) is 8. The van der Waals surface area contributed by atoms with E-state index in [-0.39, 0.29) is 11.6 Å². The van der Waals surface area contributed by atoms with Crippen LogP contribution in [0.25, 0.3) is 22.1 Å². The number of fused-ring (bicyclic) bond motifs is 2. The zero-order valence-corrected chi connectivity index (χ0v) is 18.0. The van der Waals surface area contributed by atoms with E-state index < -0.39 is 0 Å². The molecule has 1 unspecified atom stereocenters. The highest BCUT2D eigenvalue weighted by atomic mass is 32.1. The standard InChI is InChI=1S/C21H22N8OS/c1-2-3-9-28-19-18(24-21(28)27-8-4-5-15(22)13-27)11-23-29(20(19)30)12-14-6-7-16-17(10-14)26-31-25-16/h6-7,10-11,15H,4-5,8-9,12-13,22H2,1H3. The fraction of sp³-hybridized carbons (Fsp3) is 0.381. The van der Waals surface area contributed by atoms with Gasteiger partial charge in [0.2, 0.25) is 5.95 Å². The number of hydrogen-bond donors (Lipinski definition) is 1. The van der Waals surface area contributed by atoms with Gasteiger partial charge in [0.1, 0.15) is 22.1 Å². The van der Waals surface area contributed by atoms with Crippen molar-refractivity contribution in [3.8, 4) is 11.8 Å². The van der Waals surface area contributed by atoms with Crippen molar-refractivity contribution in [2.45, 2.75) is 38.9 Å². The Labute approximate surface area is 182 Å². The second-order valence-electron chi connectivity index (χ2n) is 7.70. The third kappa shape index (κ3) is 3.66. The van der Waals surface area contributed by atoms with E-state index in [0.29, 0.717) is 30.7 Å². The quantitative estimate of drug-likeness (QED) is 0.486. The van der Waals surface area contributed by atoms with Gasteiger partial charge in [0.15, 0.2) is 0 Å². The molecule has 3 aromatic heterocycles. The molecule has 1 aliphatic rings. The fourth-order valence-electron chi connectivity index (χ4n) is 4.03. The zero-order valence-electron chi connectivity index (χ0n) is 17.2. The van der Waals surface area contributed by atoms with Crippen LogP contribution in [-0.2, 0) is 13.1 Å². The maximum absolute atomic E-state index is 13.4. The van der Waals surface area contributed by atoms with E-state index >= 15 is 0 Å². The van der Waals surface area contributed by atoms with E-state index in [2.05, 4.69) is 30.6 Å². The topological polar surface area (TPSA) is 108 Å². The number of anilines is 1. The molecule has 0 amide bonds. The molecular formula is C21H22N8OS. The average molecular weight is 435 g/mol. The van der Waals surface area contributed by atoms with Crippen LogP contribution in [0.2, 0.25) is 0 Å². The number of imidazole rings is 1. The number of piperidine rings is 1. The first kappa shape index (κ1) is 19.7. The van der Waals surface area contributed by atoms with Crippen molar-refractivity contribution in [2.75, 3.05) is 18.0 Å². The Morgan fingerprint density at radius 1 is 1.26 bits per heavy atom. The molecule has 1 fully saturated rings. The van der Waals surface area contributed by atoms with E-state index in [1.54, 1.807) is 13.1 Å². The van der Waals surface area contributed by atoms with Gasteiger partial charge in [0.05, 0.1) is 31.0 Å². The molecule has 0 spiro atoms. The third-order valence-corrected chi connectivity index (χ3v) is 6.09. The summed E-state index contributed by atoms with van der Waals surface area (Å²) in [4.78, 5) is 20.3. The highest BCUT2D eigenvalue weighted by Crippen LogP contribution is 2.23. The van der Waals surface area contributed by atoms with Crippen LogP contribution in [0.3, 0.4) is 0 Å². The molecule has 10 heteroatoms. The summed E-state index contributed by atoms with van der Waals surface area (Å²) in [6.45, 7) is 4.10. The molecule has 0 aliphatic carbocycles. The first-order valence-corrected chi connectivity index (χ1v) is 10.9. The van der Waals surface area contributed by atoms with Gasteiger partial charge in [-0.1, -0.05) is 12.0 Å². The molecule has 4 aromatic rings. The van der Waals surface area contributed by atoms with Crippen molar-refractivity contribution in [3.63, 3.8) is 0 Å². The summed E-state index contributed by atoms with van der Waals surface area (Å²) < 4.78 is 11.9. The molecule has 31 heavy (non-hydrogen) atoms. The third-order valence-electron chi connectivity index (χ3n) is 5.54. The maximum Gasteiger partial charge on any atom is 0.293 e. The fourth-order valence-corrected chi connectivity index (χ4v) is 4.54. The van der Waals surface area contributed by atoms with Crippen molar-refractivity contribution in [1.29, 1.82) is 0 Å². The number of nitrogens with zero attached hydrogens (tertiary/aromatic N) is 7. The van der Waals surface area contributed by atoms with Crippen LogP contribution < -0.4 is 16.2 Å². The summed E-state index contributed by atoms with van der Waals surface area (Å²) in [6, 6.07) is 5.90. The van der Waals surface area contributed by atoms with E-state index in [1.165, 1.54) is 16.4 Å². The molecule has 4 heterocycles. The summed E-state index contributed by atoms with van der Waals surface area (Å²) in [5, 5.41) is 4.38. The van der Waals surface area contributed by atoms with Crippen molar-refractivity contribution >= 4 is 39.7 Å². The number of rotatable bonds is 4. The van der Waals surface area contributed by atoms with Crippen LogP contribution >= 0.6 is 11.7 Å². The SMILES string of the molecule is CC#CCn1c(N2CCCC(N)C2)nc2cnn(Cc3ccc4nsnc4c3)c(=O)c21. The Balaban J connectivity index is 1.58. The number of nitrogens with two attached hydrogens (primary N) is 1. The van der Waals surface area contributed by atoms with Gasteiger partial charge in [0, 0.05) is 19.1 Å². The second-order valence-corrected chi connectivity index (χ2v) is 8.23. The molecule has 1 atom stereocenters. The van der Waals surface area contributed by atoms with Crippen LogP contribution in [0.5, 0.6) is 0 Å². The lowest BCUT2D eigenvalue weighted by molar-refractivity contribution is 0.496. The van der Waals surface area contributed by atoms with Crippen LogP contribution in [0.4, 0.5) is 5.95 Å². The second kappa shape index (κ2) is 8.09. The molecule has 9 nitrogen and oxygen atoms in total. The van der Waals surface area contributed by atoms with Crippen molar-refractivity contribution in [2.24, 2.45) is 5.73 Å². The molecule has 0 bridgehead atoms. The largest absolute Gasteiger partial charge is 0.341 e. The Kier molecular flexibility index (Phi) is 5.13. The van der Waals surface area contributed by atoms with Crippen LogP contribution in [-0.4, -0.2) is 47.2 Å². The summed E-state index contributed by atoms with van der Waals surface area (Å²) in [5.41, 5.74) is 9.71. The molecule has 2 N–H and O–H groups in total. The number of benzene rings is 1. The lowest BCUT2D eigenvalue weighted by atomic mass is 10.1. The lowest BCUT2D eigenvalue weighted by Gasteiger charge is -2.31. The highest BCUT2D eigenvalue weighted by molar-refractivity contribution is 7.00. The first-order valence-electron chi connectivity index (χ1n) is 10.2. The Morgan fingerprint density at radius 3 is 2.97 bits per heavy atom. The van der Waals surface area contributed by atoms with Gasteiger partial charge in [0.25, 0.3) is 5.56 Å². The van der Waals surface area contributed by atoms with E-state index in [1.807, 2.05) is 22.8 Å². The van der Waals surface area contributed by atoms with E-state index in [4.69, 9.17) is 10.7 Å². The first-order chi connectivity index (χ1) is 15.1. The van der Waals surface area contributed by atoms with Gasteiger partial charge in [-0.2, -0.15) is 13.8 Å². The molecule has 1 saturated heterocycles. The highest BCUT2D eigenvalue weighted by Gasteiger charge is 2.24. The van der Waals surface area contributed by atoms with E-state index in [0.717, 1.165) is 41.9 Å². The Morgan fingerprint density at radius 2 is 2.13 bits per heavy atom. The van der Waals surface area contributed by atoms with Gasteiger partial charge in [-0.3, -0.25) is 9.36 Å². The summed E-state index contributed by atoms with van der Waals surface area (Å²) in [5.74, 6) is 6.73. The monoisotopic (exact) mass is 434 g/mol.